The van der Waals surface area contributed by atoms with E-state index in [1.165, 1.54) is 12.1 Å². The van der Waals surface area contributed by atoms with E-state index in [0.717, 1.165) is 24.0 Å². The summed E-state index contributed by atoms with van der Waals surface area (Å²) in [6, 6.07) is 6.85. The molecule has 0 heterocycles. The molecule has 0 atom stereocenters. The second kappa shape index (κ2) is 6.04. The Bertz CT molecular complexity index is 542. The van der Waals surface area contributed by atoms with Crippen LogP contribution < -0.4 is 5.32 Å². The van der Waals surface area contributed by atoms with Crippen molar-refractivity contribution >= 4 is 5.91 Å². The number of rotatable bonds is 4. The van der Waals surface area contributed by atoms with Crippen LogP contribution in [0.25, 0.3) is 0 Å². The molecule has 0 unspecified atom stereocenters. The van der Waals surface area contributed by atoms with E-state index >= 15 is 0 Å². The Morgan fingerprint density at radius 2 is 2.15 bits per heavy atom. The number of nitrogens with zero attached hydrogens (tertiary/aromatic N) is 1. The number of hydrogen-bond donors (Lipinski definition) is 1. The number of carbonyl (C=O) groups is 1. The van der Waals surface area contributed by atoms with Crippen molar-refractivity contribution in [3.8, 4) is 6.07 Å². The predicted molar refractivity (Wildman–Crippen MR) is 74.4 cm³/mol. The minimum absolute atomic E-state index is 0.155. The van der Waals surface area contributed by atoms with Gasteiger partial charge in [0.15, 0.2) is 0 Å². The van der Waals surface area contributed by atoms with Crippen molar-refractivity contribution in [3.05, 3.63) is 35.1 Å². The van der Waals surface area contributed by atoms with Crippen LogP contribution in [-0.4, -0.2) is 12.5 Å². The van der Waals surface area contributed by atoms with Gasteiger partial charge in [0.2, 0.25) is 5.91 Å². The lowest BCUT2D eigenvalue weighted by Gasteiger charge is -2.19. The molecule has 0 saturated heterocycles. The minimum atomic E-state index is -0.822. The number of halogens is 1. The second-order valence-corrected chi connectivity index (χ2v) is 5.48. The van der Waals surface area contributed by atoms with Crippen LogP contribution in [0.3, 0.4) is 0 Å². The van der Waals surface area contributed by atoms with Crippen LogP contribution in [0, 0.1) is 29.5 Å². The second-order valence-electron chi connectivity index (χ2n) is 5.48. The van der Waals surface area contributed by atoms with Crippen LogP contribution in [0.2, 0.25) is 0 Å². The summed E-state index contributed by atoms with van der Waals surface area (Å²) >= 11 is 0. The normalized spacial score (nSPS) is 16.6. The zero-order chi connectivity index (χ0) is 14.6. The number of benzene rings is 1. The molecule has 0 radical (unpaired) electrons. The molecule has 3 nitrogen and oxygen atoms in total. The third-order valence-corrected chi connectivity index (χ3v) is 4.09. The SMILES string of the molecule is Cc1cc(F)ccc1CCNC(=O)C1(C#N)CCCC1. The average molecular weight is 274 g/mol. The van der Waals surface area contributed by atoms with Crippen LogP contribution in [0.1, 0.15) is 36.8 Å². The van der Waals surface area contributed by atoms with E-state index in [-0.39, 0.29) is 11.7 Å². The van der Waals surface area contributed by atoms with Gasteiger partial charge in [-0.05, 0) is 49.4 Å². The maximum absolute atomic E-state index is 13.0. The Morgan fingerprint density at radius 3 is 2.75 bits per heavy atom. The summed E-state index contributed by atoms with van der Waals surface area (Å²) in [7, 11) is 0. The lowest BCUT2D eigenvalue weighted by molar-refractivity contribution is -0.127. The number of carbonyl (C=O) groups excluding carboxylic acids is 1. The summed E-state index contributed by atoms with van der Waals surface area (Å²) in [4.78, 5) is 12.1. The minimum Gasteiger partial charge on any atom is -0.354 e. The van der Waals surface area contributed by atoms with Crippen LogP contribution in [-0.2, 0) is 11.2 Å². The molecular weight excluding hydrogens is 255 g/mol. The van der Waals surface area contributed by atoms with Gasteiger partial charge in [-0.25, -0.2) is 4.39 Å². The van der Waals surface area contributed by atoms with Crippen LogP contribution in [0.4, 0.5) is 4.39 Å². The summed E-state index contributed by atoms with van der Waals surface area (Å²) in [5, 5.41) is 12.1. The van der Waals surface area contributed by atoms with Gasteiger partial charge in [0.1, 0.15) is 11.2 Å². The summed E-state index contributed by atoms with van der Waals surface area (Å²) in [6.45, 7) is 2.34. The first-order valence-electron chi connectivity index (χ1n) is 7.02. The van der Waals surface area contributed by atoms with E-state index < -0.39 is 5.41 Å². The zero-order valence-corrected chi connectivity index (χ0v) is 11.7. The molecule has 1 aromatic rings. The van der Waals surface area contributed by atoms with Gasteiger partial charge in [0.25, 0.3) is 0 Å². The molecule has 2 rings (SSSR count). The molecule has 1 amide bonds. The first-order chi connectivity index (χ1) is 9.57. The van der Waals surface area contributed by atoms with Crippen LogP contribution in [0.5, 0.6) is 0 Å². The molecule has 0 spiro atoms. The standard InChI is InChI=1S/C16H19FN2O/c1-12-10-14(17)5-4-13(12)6-9-19-15(20)16(11-18)7-2-3-8-16/h4-5,10H,2-3,6-9H2,1H3,(H,19,20). The number of nitriles is 1. The number of amides is 1. The topological polar surface area (TPSA) is 52.9 Å². The highest BCUT2D eigenvalue weighted by Gasteiger charge is 2.41. The Hall–Kier alpha value is -1.89. The molecule has 1 aromatic carbocycles. The van der Waals surface area contributed by atoms with Gasteiger partial charge in [0, 0.05) is 6.54 Å². The van der Waals surface area contributed by atoms with Crippen molar-refractivity contribution in [1.29, 1.82) is 5.26 Å². The zero-order valence-electron chi connectivity index (χ0n) is 11.7. The summed E-state index contributed by atoms with van der Waals surface area (Å²) in [6.07, 6.45) is 3.85. The molecule has 20 heavy (non-hydrogen) atoms. The summed E-state index contributed by atoms with van der Waals surface area (Å²) in [5.74, 6) is -0.401. The van der Waals surface area contributed by atoms with Crippen molar-refractivity contribution in [3.63, 3.8) is 0 Å². The number of hydrogen-bond acceptors (Lipinski definition) is 2. The van der Waals surface area contributed by atoms with Crippen LogP contribution >= 0.6 is 0 Å². The molecule has 1 aliphatic rings. The van der Waals surface area contributed by atoms with Gasteiger partial charge < -0.3 is 5.32 Å². The van der Waals surface area contributed by atoms with Crippen molar-refractivity contribution in [1.82, 2.24) is 5.32 Å². The average Bonchev–Trinajstić information content (AvgIpc) is 2.91. The quantitative estimate of drug-likeness (QED) is 0.917. The highest BCUT2D eigenvalue weighted by Crippen LogP contribution is 2.37. The lowest BCUT2D eigenvalue weighted by atomic mass is 9.87. The lowest BCUT2D eigenvalue weighted by Crippen LogP contribution is -2.39. The maximum atomic E-state index is 13.0. The van der Waals surface area contributed by atoms with E-state index in [9.17, 15) is 14.4 Å². The van der Waals surface area contributed by atoms with Gasteiger partial charge in [-0.2, -0.15) is 5.26 Å². The fraction of sp³-hybridized carbons (Fsp3) is 0.500. The molecule has 1 N–H and O–H groups in total. The van der Waals surface area contributed by atoms with E-state index in [1.54, 1.807) is 6.07 Å². The Balaban J connectivity index is 1.90. The van der Waals surface area contributed by atoms with E-state index in [1.807, 2.05) is 6.92 Å². The molecule has 1 fully saturated rings. The molecular formula is C16H19FN2O. The van der Waals surface area contributed by atoms with Gasteiger partial charge in [-0.15, -0.1) is 0 Å². The van der Waals surface area contributed by atoms with Gasteiger partial charge in [-0.1, -0.05) is 18.9 Å². The summed E-state index contributed by atoms with van der Waals surface area (Å²) < 4.78 is 13.0. The van der Waals surface area contributed by atoms with Crippen LogP contribution in [0.15, 0.2) is 18.2 Å². The first kappa shape index (κ1) is 14.5. The Kier molecular flexibility index (Phi) is 4.39. The Labute approximate surface area is 118 Å². The van der Waals surface area contributed by atoms with Crippen molar-refractivity contribution < 1.29 is 9.18 Å². The maximum Gasteiger partial charge on any atom is 0.240 e. The smallest absolute Gasteiger partial charge is 0.240 e. The largest absolute Gasteiger partial charge is 0.354 e. The molecule has 0 aliphatic heterocycles. The third-order valence-electron chi connectivity index (χ3n) is 4.09. The first-order valence-corrected chi connectivity index (χ1v) is 7.02. The number of aryl methyl sites for hydroxylation is 1. The fourth-order valence-electron chi connectivity index (χ4n) is 2.79. The molecule has 1 saturated carbocycles. The molecule has 0 aromatic heterocycles. The highest BCUT2D eigenvalue weighted by atomic mass is 19.1. The van der Waals surface area contributed by atoms with E-state index in [2.05, 4.69) is 11.4 Å². The fourth-order valence-corrected chi connectivity index (χ4v) is 2.79. The predicted octanol–water partition coefficient (Wildman–Crippen LogP) is 2.88. The van der Waals surface area contributed by atoms with Gasteiger partial charge in [0.05, 0.1) is 6.07 Å². The van der Waals surface area contributed by atoms with Crippen molar-refractivity contribution in [2.75, 3.05) is 6.54 Å². The monoisotopic (exact) mass is 274 g/mol. The summed E-state index contributed by atoms with van der Waals surface area (Å²) in [5.41, 5.74) is 1.08. The highest BCUT2D eigenvalue weighted by molar-refractivity contribution is 5.85. The van der Waals surface area contributed by atoms with E-state index in [4.69, 9.17) is 0 Å². The van der Waals surface area contributed by atoms with E-state index in [0.29, 0.717) is 25.8 Å². The van der Waals surface area contributed by atoms with Gasteiger partial charge >= 0.3 is 0 Å². The van der Waals surface area contributed by atoms with Crippen molar-refractivity contribution in [2.45, 2.75) is 39.0 Å². The number of nitrogens with one attached hydrogen (secondary N) is 1. The third kappa shape index (κ3) is 2.98. The Morgan fingerprint density at radius 1 is 1.45 bits per heavy atom. The molecule has 1 aliphatic carbocycles. The van der Waals surface area contributed by atoms with Crippen molar-refractivity contribution in [2.24, 2.45) is 5.41 Å². The van der Waals surface area contributed by atoms with Gasteiger partial charge in [-0.3, -0.25) is 4.79 Å². The molecule has 106 valence electrons. The molecule has 4 heteroatoms. The molecule has 0 bridgehead atoms.